The van der Waals surface area contributed by atoms with Crippen molar-refractivity contribution in [1.29, 1.82) is 0 Å². The lowest BCUT2D eigenvalue weighted by atomic mass is 9.95. The minimum Gasteiger partial charge on any atom is -0.0773 e. The standard InChI is InChI=1S/C11H18/c1-3-5-7-11-9-6-8-10(11)4-2/h6,8-9,11H,3-5,7H2,1-2H3/t11-/m1/s1. The van der Waals surface area contributed by atoms with Gasteiger partial charge < -0.3 is 0 Å². The maximum atomic E-state index is 2.34. The maximum absolute atomic E-state index is 2.34. The largest absolute Gasteiger partial charge is 0.0773 e. The van der Waals surface area contributed by atoms with Gasteiger partial charge in [0, 0.05) is 0 Å². The highest BCUT2D eigenvalue weighted by molar-refractivity contribution is 5.26. The van der Waals surface area contributed by atoms with Gasteiger partial charge in [0.25, 0.3) is 0 Å². The molecule has 0 saturated heterocycles. The van der Waals surface area contributed by atoms with E-state index in [9.17, 15) is 0 Å². The van der Waals surface area contributed by atoms with Gasteiger partial charge in [0.05, 0.1) is 0 Å². The molecule has 0 radical (unpaired) electrons. The summed E-state index contributed by atoms with van der Waals surface area (Å²) in [6.07, 6.45) is 12.1. The van der Waals surface area contributed by atoms with Crippen molar-refractivity contribution in [3.05, 3.63) is 23.8 Å². The van der Waals surface area contributed by atoms with Crippen LogP contribution in [-0.4, -0.2) is 0 Å². The minimum atomic E-state index is 0.778. The highest BCUT2D eigenvalue weighted by atomic mass is 14.2. The van der Waals surface area contributed by atoms with Crippen molar-refractivity contribution in [2.75, 3.05) is 0 Å². The van der Waals surface area contributed by atoms with E-state index in [1.807, 2.05) is 0 Å². The van der Waals surface area contributed by atoms with Crippen LogP contribution in [0.25, 0.3) is 0 Å². The number of allylic oxidation sites excluding steroid dienone is 4. The zero-order chi connectivity index (χ0) is 8.10. The molecule has 0 aromatic carbocycles. The predicted molar refractivity (Wildman–Crippen MR) is 50.5 cm³/mol. The molecule has 0 aliphatic heterocycles. The van der Waals surface area contributed by atoms with Gasteiger partial charge in [-0.2, -0.15) is 0 Å². The van der Waals surface area contributed by atoms with Crippen LogP contribution in [0.4, 0.5) is 0 Å². The highest BCUT2D eigenvalue weighted by Crippen LogP contribution is 2.26. The predicted octanol–water partition coefficient (Wildman–Crippen LogP) is 3.70. The van der Waals surface area contributed by atoms with Crippen molar-refractivity contribution < 1.29 is 0 Å². The molecule has 62 valence electrons. The monoisotopic (exact) mass is 150 g/mol. The second-order valence-electron chi connectivity index (χ2n) is 3.23. The van der Waals surface area contributed by atoms with Crippen LogP contribution in [0.1, 0.15) is 39.5 Å². The van der Waals surface area contributed by atoms with Crippen molar-refractivity contribution in [3.63, 3.8) is 0 Å². The summed E-state index contributed by atoms with van der Waals surface area (Å²) in [4.78, 5) is 0. The molecule has 0 unspecified atom stereocenters. The Hall–Kier alpha value is -0.520. The molecule has 0 amide bonds. The van der Waals surface area contributed by atoms with Crippen molar-refractivity contribution in [3.8, 4) is 0 Å². The van der Waals surface area contributed by atoms with Gasteiger partial charge in [0.2, 0.25) is 0 Å². The van der Waals surface area contributed by atoms with Crippen molar-refractivity contribution in [2.45, 2.75) is 39.5 Å². The number of unbranched alkanes of at least 4 members (excludes halogenated alkanes) is 1. The molecule has 0 N–H and O–H groups in total. The molecule has 0 nitrogen and oxygen atoms in total. The van der Waals surface area contributed by atoms with E-state index < -0.39 is 0 Å². The molecule has 0 saturated carbocycles. The van der Waals surface area contributed by atoms with Crippen LogP contribution in [0, 0.1) is 5.92 Å². The van der Waals surface area contributed by atoms with Crippen molar-refractivity contribution >= 4 is 0 Å². The third kappa shape index (κ3) is 2.21. The lowest BCUT2D eigenvalue weighted by molar-refractivity contribution is 0.612. The van der Waals surface area contributed by atoms with E-state index in [0.717, 1.165) is 5.92 Å². The van der Waals surface area contributed by atoms with E-state index >= 15 is 0 Å². The smallest absolute Gasteiger partial charge is 0.00172 e. The Morgan fingerprint density at radius 2 is 2.18 bits per heavy atom. The summed E-state index contributed by atoms with van der Waals surface area (Å²) in [5.74, 6) is 0.778. The summed E-state index contributed by atoms with van der Waals surface area (Å²) in [6, 6.07) is 0. The van der Waals surface area contributed by atoms with Gasteiger partial charge in [-0.3, -0.25) is 0 Å². The first-order valence-electron chi connectivity index (χ1n) is 4.75. The third-order valence-corrected chi connectivity index (χ3v) is 2.41. The zero-order valence-corrected chi connectivity index (χ0v) is 7.64. The first-order chi connectivity index (χ1) is 5.38. The molecule has 0 bridgehead atoms. The number of hydrogen-bond acceptors (Lipinski definition) is 0. The molecule has 0 spiro atoms. The Morgan fingerprint density at radius 3 is 2.82 bits per heavy atom. The van der Waals surface area contributed by atoms with Crippen molar-refractivity contribution in [1.82, 2.24) is 0 Å². The lowest BCUT2D eigenvalue weighted by Crippen LogP contribution is -1.96. The number of hydrogen-bond donors (Lipinski definition) is 0. The Balaban J connectivity index is 2.34. The summed E-state index contributed by atoms with van der Waals surface area (Å²) in [5.41, 5.74) is 1.62. The Labute approximate surface area is 70.0 Å². The Morgan fingerprint density at radius 1 is 1.36 bits per heavy atom. The summed E-state index contributed by atoms with van der Waals surface area (Å²) in [7, 11) is 0. The minimum absolute atomic E-state index is 0.778. The average molecular weight is 150 g/mol. The molecule has 0 fully saturated rings. The van der Waals surface area contributed by atoms with Crippen LogP contribution in [-0.2, 0) is 0 Å². The van der Waals surface area contributed by atoms with Gasteiger partial charge in [-0.15, -0.1) is 0 Å². The molecule has 0 aromatic rings. The molecule has 1 aliphatic rings. The topological polar surface area (TPSA) is 0 Å². The normalized spacial score (nSPS) is 22.4. The van der Waals surface area contributed by atoms with Gasteiger partial charge in [0.15, 0.2) is 0 Å². The molecule has 0 heterocycles. The van der Waals surface area contributed by atoms with E-state index in [0.29, 0.717) is 0 Å². The highest BCUT2D eigenvalue weighted by Gasteiger charge is 2.11. The molecular weight excluding hydrogens is 132 g/mol. The SMILES string of the molecule is CCCC[C@@H]1C=CC=C1CC. The fraction of sp³-hybridized carbons (Fsp3) is 0.636. The number of rotatable bonds is 4. The fourth-order valence-electron chi connectivity index (χ4n) is 1.65. The van der Waals surface area contributed by atoms with Crippen molar-refractivity contribution in [2.24, 2.45) is 5.92 Å². The van der Waals surface area contributed by atoms with Crippen LogP contribution in [0.3, 0.4) is 0 Å². The Bertz CT molecular complexity index is 163. The molecule has 1 rings (SSSR count). The molecule has 1 atom stereocenters. The molecule has 11 heavy (non-hydrogen) atoms. The fourth-order valence-corrected chi connectivity index (χ4v) is 1.65. The zero-order valence-electron chi connectivity index (χ0n) is 7.64. The van der Waals surface area contributed by atoms with Gasteiger partial charge in [-0.25, -0.2) is 0 Å². The van der Waals surface area contributed by atoms with Crippen LogP contribution in [0.15, 0.2) is 23.8 Å². The van der Waals surface area contributed by atoms with E-state index in [2.05, 4.69) is 32.1 Å². The van der Waals surface area contributed by atoms with Gasteiger partial charge in [-0.05, 0) is 18.8 Å². The average Bonchev–Trinajstić information content (AvgIpc) is 2.47. The van der Waals surface area contributed by atoms with Crippen LogP contribution in [0.5, 0.6) is 0 Å². The third-order valence-electron chi connectivity index (χ3n) is 2.41. The molecule has 0 aromatic heterocycles. The van der Waals surface area contributed by atoms with Crippen LogP contribution >= 0.6 is 0 Å². The van der Waals surface area contributed by atoms with Gasteiger partial charge >= 0.3 is 0 Å². The van der Waals surface area contributed by atoms with E-state index in [-0.39, 0.29) is 0 Å². The molecule has 1 aliphatic carbocycles. The lowest BCUT2D eigenvalue weighted by Gasteiger charge is -2.10. The van der Waals surface area contributed by atoms with E-state index in [4.69, 9.17) is 0 Å². The molecular formula is C11H18. The molecule has 0 heteroatoms. The second kappa shape index (κ2) is 4.38. The summed E-state index contributed by atoms with van der Waals surface area (Å²) in [5, 5.41) is 0. The first kappa shape index (κ1) is 8.58. The summed E-state index contributed by atoms with van der Waals surface area (Å²) in [6.45, 7) is 4.51. The second-order valence-corrected chi connectivity index (χ2v) is 3.23. The van der Waals surface area contributed by atoms with Crippen LogP contribution < -0.4 is 0 Å². The van der Waals surface area contributed by atoms with Gasteiger partial charge in [0.1, 0.15) is 0 Å². The first-order valence-corrected chi connectivity index (χ1v) is 4.75. The Kier molecular flexibility index (Phi) is 3.41. The quantitative estimate of drug-likeness (QED) is 0.573. The van der Waals surface area contributed by atoms with Gasteiger partial charge in [-0.1, -0.05) is 50.5 Å². The maximum Gasteiger partial charge on any atom is -0.00172 e. The summed E-state index contributed by atoms with van der Waals surface area (Å²) < 4.78 is 0. The van der Waals surface area contributed by atoms with Crippen LogP contribution in [0.2, 0.25) is 0 Å². The van der Waals surface area contributed by atoms with E-state index in [1.165, 1.54) is 25.7 Å². The van der Waals surface area contributed by atoms with E-state index in [1.54, 1.807) is 5.57 Å². The summed E-state index contributed by atoms with van der Waals surface area (Å²) >= 11 is 0.